The van der Waals surface area contributed by atoms with Gasteiger partial charge in [-0.05, 0) is 37.5 Å². The summed E-state index contributed by atoms with van der Waals surface area (Å²) < 4.78 is 0. The molecule has 8 heteroatoms. The van der Waals surface area contributed by atoms with E-state index >= 15 is 0 Å². The van der Waals surface area contributed by atoms with Gasteiger partial charge in [0, 0.05) is 30.4 Å². The number of aldehydes is 1. The lowest BCUT2D eigenvalue weighted by Crippen LogP contribution is -2.37. The van der Waals surface area contributed by atoms with Crippen LogP contribution in [0.5, 0.6) is 0 Å². The molecule has 1 aromatic rings. The van der Waals surface area contributed by atoms with E-state index in [4.69, 9.17) is 10.2 Å². The molecule has 0 fully saturated rings. The molecule has 4 N–H and O–H groups in total. The van der Waals surface area contributed by atoms with Gasteiger partial charge < -0.3 is 25.5 Å². The van der Waals surface area contributed by atoms with Crippen molar-refractivity contribution in [1.29, 1.82) is 0 Å². The van der Waals surface area contributed by atoms with Gasteiger partial charge >= 0.3 is 0 Å². The fourth-order valence-corrected chi connectivity index (χ4v) is 2.75. The van der Waals surface area contributed by atoms with E-state index < -0.39 is 31.1 Å². The molecule has 1 unspecified atom stereocenters. The van der Waals surface area contributed by atoms with Crippen LogP contribution in [-0.2, 0) is 4.79 Å². The number of anilines is 1. The Hall–Kier alpha value is -2.29. The Bertz CT molecular complexity index is 686. The van der Waals surface area contributed by atoms with Crippen molar-refractivity contribution in [2.24, 2.45) is 0 Å². The van der Waals surface area contributed by atoms with Crippen LogP contribution in [0, 0.1) is 20.8 Å². The third-order valence-electron chi connectivity index (χ3n) is 4.09. The fraction of sp³-hybridized carbons (Fsp3) is 0.471. The number of carbonyl (C=O) groups excluding carboxylic acids is 3. The van der Waals surface area contributed by atoms with Crippen LogP contribution in [0.2, 0.25) is 0 Å². The van der Waals surface area contributed by atoms with Gasteiger partial charge in [0.05, 0.1) is 12.7 Å². The number of amides is 2. The maximum Gasteiger partial charge on any atom is 0.254 e. The zero-order chi connectivity index (χ0) is 19.3. The second kappa shape index (κ2) is 8.70. The molecule has 1 aromatic carbocycles. The maximum absolute atomic E-state index is 12.8. The van der Waals surface area contributed by atoms with Crippen molar-refractivity contribution >= 4 is 23.8 Å². The van der Waals surface area contributed by atoms with Gasteiger partial charge in [-0.3, -0.25) is 14.4 Å². The number of aliphatic hydroxyl groups is 3. The molecule has 1 atom stereocenters. The van der Waals surface area contributed by atoms with Crippen LogP contribution in [-0.4, -0.2) is 71.2 Å². The molecule has 25 heavy (non-hydrogen) atoms. The number of hydrogen-bond acceptors (Lipinski definition) is 6. The van der Waals surface area contributed by atoms with Gasteiger partial charge in [0.15, 0.2) is 6.29 Å². The quantitative estimate of drug-likeness (QED) is 0.503. The molecule has 1 rings (SSSR count). The highest BCUT2D eigenvalue weighted by molar-refractivity contribution is 6.04. The van der Waals surface area contributed by atoms with Crippen molar-refractivity contribution in [3.8, 4) is 0 Å². The Morgan fingerprint density at radius 3 is 2.24 bits per heavy atom. The van der Waals surface area contributed by atoms with E-state index in [1.54, 1.807) is 20.8 Å². The second-order valence-corrected chi connectivity index (χ2v) is 5.88. The van der Waals surface area contributed by atoms with E-state index in [-0.39, 0.29) is 17.7 Å². The second-order valence-electron chi connectivity index (χ2n) is 5.88. The van der Waals surface area contributed by atoms with Gasteiger partial charge in [0.2, 0.25) is 5.91 Å². The van der Waals surface area contributed by atoms with Gasteiger partial charge in [-0.25, -0.2) is 0 Å². The predicted octanol–water partition coefficient (Wildman–Crippen LogP) is -0.220. The molecule has 138 valence electrons. The third-order valence-corrected chi connectivity index (χ3v) is 4.09. The molecule has 0 spiro atoms. The Labute approximate surface area is 146 Å². The summed E-state index contributed by atoms with van der Waals surface area (Å²) in [6, 6.07) is 0. The van der Waals surface area contributed by atoms with E-state index in [2.05, 4.69) is 5.32 Å². The number of benzene rings is 1. The molecule has 0 aliphatic heterocycles. The lowest BCUT2D eigenvalue weighted by atomic mass is 9.91. The summed E-state index contributed by atoms with van der Waals surface area (Å²) in [6.45, 7) is 3.60. The molecule has 0 saturated carbocycles. The Morgan fingerprint density at radius 2 is 1.76 bits per heavy atom. The van der Waals surface area contributed by atoms with E-state index in [1.165, 1.54) is 11.9 Å². The highest BCUT2D eigenvalue weighted by Gasteiger charge is 2.25. The van der Waals surface area contributed by atoms with Crippen LogP contribution in [0.3, 0.4) is 0 Å². The number of nitrogens with zero attached hydrogens (tertiary/aromatic N) is 1. The van der Waals surface area contributed by atoms with E-state index in [0.717, 1.165) is 0 Å². The van der Waals surface area contributed by atoms with Crippen LogP contribution in [0.15, 0.2) is 0 Å². The van der Waals surface area contributed by atoms with Gasteiger partial charge in [-0.2, -0.15) is 0 Å². The number of hydrogen-bond donors (Lipinski definition) is 4. The van der Waals surface area contributed by atoms with Crippen molar-refractivity contribution in [1.82, 2.24) is 4.90 Å². The van der Waals surface area contributed by atoms with Crippen molar-refractivity contribution in [2.45, 2.75) is 26.9 Å². The number of nitrogens with one attached hydrogen (secondary N) is 1. The lowest BCUT2D eigenvalue weighted by molar-refractivity contribution is -0.118. The molecule has 0 aliphatic rings. The smallest absolute Gasteiger partial charge is 0.254 e. The van der Waals surface area contributed by atoms with Gasteiger partial charge in [0.1, 0.15) is 6.61 Å². The highest BCUT2D eigenvalue weighted by Crippen LogP contribution is 2.31. The highest BCUT2D eigenvalue weighted by atomic mass is 16.3. The van der Waals surface area contributed by atoms with Crippen LogP contribution >= 0.6 is 0 Å². The third kappa shape index (κ3) is 4.41. The monoisotopic (exact) mass is 352 g/mol. The minimum atomic E-state index is -1.08. The van der Waals surface area contributed by atoms with Crippen LogP contribution < -0.4 is 5.32 Å². The molecular formula is C17H24N2O6. The SMILES string of the molecule is Cc1c(C=O)c(C)c(C(=O)N(C)CC(O)CO)c(C)c1NC(=O)CO. The molecule has 2 amide bonds. The molecule has 0 radical (unpaired) electrons. The van der Waals surface area contributed by atoms with E-state index in [9.17, 15) is 19.5 Å². The summed E-state index contributed by atoms with van der Waals surface area (Å²) >= 11 is 0. The van der Waals surface area contributed by atoms with Gasteiger partial charge in [0.25, 0.3) is 5.91 Å². The summed E-state index contributed by atoms with van der Waals surface area (Å²) in [5.74, 6) is -1.11. The molecule has 8 nitrogen and oxygen atoms in total. The summed E-state index contributed by atoms with van der Waals surface area (Å²) in [4.78, 5) is 37.1. The maximum atomic E-state index is 12.8. The minimum Gasteiger partial charge on any atom is -0.394 e. The average Bonchev–Trinajstić information content (AvgIpc) is 2.58. The van der Waals surface area contributed by atoms with Crippen LogP contribution in [0.4, 0.5) is 5.69 Å². The molecule has 0 aromatic heterocycles. The number of carbonyl (C=O) groups is 3. The Kier molecular flexibility index (Phi) is 7.22. The van der Waals surface area contributed by atoms with E-state index in [1.807, 2.05) is 0 Å². The van der Waals surface area contributed by atoms with Crippen LogP contribution in [0.1, 0.15) is 37.4 Å². The summed E-state index contributed by atoms with van der Waals surface area (Å²) in [5.41, 5.74) is 2.22. The number of aliphatic hydroxyl groups excluding tert-OH is 3. The lowest BCUT2D eigenvalue weighted by Gasteiger charge is -2.25. The molecular weight excluding hydrogens is 328 g/mol. The molecule has 0 aliphatic carbocycles. The summed E-state index contributed by atoms with van der Waals surface area (Å²) in [7, 11) is 1.46. The first-order valence-electron chi connectivity index (χ1n) is 7.73. The summed E-state index contributed by atoms with van der Waals surface area (Å²) in [6.07, 6.45) is -0.475. The largest absolute Gasteiger partial charge is 0.394 e. The summed E-state index contributed by atoms with van der Waals surface area (Å²) in [5, 5.41) is 29.9. The van der Waals surface area contributed by atoms with Crippen molar-refractivity contribution in [3.63, 3.8) is 0 Å². The zero-order valence-electron chi connectivity index (χ0n) is 14.8. The van der Waals surface area contributed by atoms with Crippen LogP contribution in [0.25, 0.3) is 0 Å². The van der Waals surface area contributed by atoms with Crippen molar-refractivity contribution in [2.75, 3.05) is 32.1 Å². The Morgan fingerprint density at radius 1 is 1.16 bits per heavy atom. The number of likely N-dealkylation sites (N-methyl/N-ethyl adjacent to an activating group) is 1. The zero-order valence-corrected chi connectivity index (χ0v) is 14.8. The Balaban J connectivity index is 3.48. The normalized spacial score (nSPS) is 11.8. The first-order valence-corrected chi connectivity index (χ1v) is 7.73. The minimum absolute atomic E-state index is 0.0865. The van der Waals surface area contributed by atoms with E-state index in [0.29, 0.717) is 28.7 Å². The first kappa shape index (κ1) is 20.8. The van der Waals surface area contributed by atoms with Gasteiger partial charge in [-0.1, -0.05) is 0 Å². The standard InChI is InChI=1S/C17H24N2O6/c1-9-13(7-21)10(2)16(18-14(24)8-22)11(3)15(9)17(25)19(4)5-12(23)6-20/h7,12,20,22-23H,5-6,8H2,1-4H3,(H,18,24). The van der Waals surface area contributed by atoms with Crippen molar-refractivity contribution in [3.05, 3.63) is 27.8 Å². The molecule has 0 heterocycles. The topological polar surface area (TPSA) is 127 Å². The van der Waals surface area contributed by atoms with Gasteiger partial charge in [-0.15, -0.1) is 0 Å². The molecule has 0 saturated heterocycles. The fourth-order valence-electron chi connectivity index (χ4n) is 2.75. The first-order chi connectivity index (χ1) is 11.7. The number of rotatable bonds is 7. The molecule has 0 bridgehead atoms. The van der Waals surface area contributed by atoms with Crippen molar-refractivity contribution < 1.29 is 29.7 Å². The average molecular weight is 352 g/mol. The predicted molar refractivity (Wildman–Crippen MR) is 91.8 cm³/mol.